The van der Waals surface area contributed by atoms with E-state index in [0.29, 0.717) is 27.1 Å². The number of hydrogen-bond donors (Lipinski definition) is 2. The lowest BCUT2D eigenvalue weighted by molar-refractivity contribution is 0.0601. The molecule has 2 N–H and O–H groups in total. The summed E-state index contributed by atoms with van der Waals surface area (Å²) in [7, 11) is 2.57. The highest BCUT2D eigenvalue weighted by molar-refractivity contribution is 9.10. The first-order valence-electron chi connectivity index (χ1n) is 8.32. The molecule has 8 nitrogen and oxygen atoms in total. The number of nitrogens with one attached hydrogen (secondary N) is 2. The molecule has 0 aliphatic carbocycles. The molecule has 0 aromatic carbocycles. The lowest BCUT2D eigenvalue weighted by atomic mass is 10.1. The van der Waals surface area contributed by atoms with Gasteiger partial charge in [-0.25, -0.2) is 9.59 Å². The fraction of sp³-hybridized carbons (Fsp3) is 0.412. The number of aryl methyl sites for hydroxylation is 2. The standard InChI is InChI=1S/C17H21BrN4O4S2/c1-9-12(15(23)25-3)14(28-13(9)16(24)26-4)20-17(27)19-6-5-7-22-8-11(18)10(2)21-22/h8H,5-7H2,1-4H3,(H2,19,20,27). The van der Waals surface area contributed by atoms with Crippen molar-refractivity contribution < 1.29 is 19.1 Å². The monoisotopic (exact) mass is 488 g/mol. The van der Waals surface area contributed by atoms with Gasteiger partial charge in [0.05, 0.1) is 29.9 Å². The fourth-order valence-corrected chi connectivity index (χ4v) is 4.14. The third-order valence-corrected chi connectivity index (χ3v) is 6.08. The molecule has 2 aromatic heterocycles. The van der Waals surface area contributed by atoms with Crippen molar-refractivity contribution in [2.75, 3.05) is 26.1 Å². The van der Waals surface area contributed by atoms with Crippen molar-refractivity contribution in [3.8, 4) is 0 Å². The van der Waals surface area contributed by atoms with Crippen LogP contribution in [0.5, 0.6) is 0 Å². The molecule has 0 radical (unpaired) electrons. The Morgan fingerprint density at radius 3 is 2.54 bits per heavy atom. The van der Waals surface area contributed by atoms with E-state index in [1.165, 1.54) is 14.2 Å². The van der Waals surface area contributed by atoms with Gasteiger partial charge in [0.15, 0.2) is 5.11 Å². The van der Waals surface area contributed by atoms with Crippen LogP contribution in [0, 0.1) is 13.8 Å². The minimum atomic E-state index is -0.547. The molecule has 2 heterocycles. The first-order valence-corrected chi connectivity index (χ1v) is 10.3. The molecule has 0 amide bonds. The maximum atomic E-state index is 12.1. The predicted octanol–water partition coefficient (Wildman–Crippen LogP) is 3.27. The van der Waals surface area contributed by atoms with Gasteiger partial charge in [-0.3, -0.25) is 4.68 Å². The normalized spacial score (nSPS) is 10.5. The number of methoxy groups -OCH3 is 2. The lowest BCUT2D eigenvalue weighted by Crippen LogP contribution is -2.30. The Morgan fingerprint density at radius 2 is 1.96 bits per heavy atom. The molecule has 0 saturated carbocycles. The molecule has 2 aromatic rings. The summed E-state index contributed by atoms with van der Waals surface area (Å²) < 4.78 is 12.4. The summed E-state index contributed by atoms with van der Waals surface area (Å²) >= 11 is 9.84. The van der Waals surface area contributed by atoms with E-state index in [-0.39, 0.29) is 5.56 Å². The summed E-state index contributed by atoms with van der Waals surface area (Å²) in [5, 5.41) is 11.2. The van der Waals surface area contributed by atoms with Crippen molar-refractivity contribution in [3.63, 3.8) is 0 Å². The van der Waals surface area contributed by atoms with Crippen LogP contribution >= 0.6 is 39.5 Å². The maximum Gasteiger partial charge on any atom is 0.348 e. The van der Waals surface area contributed by atoms with Gasteiger partial charge in [-0.1, -0.05) is 0 Å². The van der Waals surface area contributed by atoms with Crippen molar-refractivity contribution in [2.24, 2.45) is 0 Å². The zero-order valence-electron chi connectivity index (χ0n) is 15.9. The largest absolute Gasteiger partial charge is 0.465 e. The smallest absolute Gasteiger partial charge is 0.348 e. The Bertz CT molecular complexity index is 875. The third kappa shape index (κ3) is 5.30. The molecule has 28 heavy (non-hydrogen) atoms. The highest BCUT2D eigenvalue weighted by Gasteiger charge is 2.26. The molecule has 0 atom stereocenters. The van der Waals surface area contributed by atoms with Crippen LogP contribution in [-0.2, 0) is 16.0 Å². The topological polar surface area (TPSA) is 94.5 Å². The van der Waals surface area contributed by atoms with Crippen LogP contribution in [0.2, 0.25) is 0 Å². The molecule has 0 unspecified atom stereocenters. The van der Waals surface area contributed by atoms with E-state index < -0.39 is 11.9 Å². The minimum absolute atomic E-state index is 0.272. The van der Waals surface area contributed by atoms with E-state index in [0.717, 1.165) is 34.5 Å². The number of esters is 2. The number of aromatic nitrogens is 2. The van der Waals surface area contributed by atoms with Crippen LogP contribution in [0.15, 0.2) is 10.7 Å². The average molecular weight is 489 g/mol. The number of rotatable bonds is 7. The number of anilines is 1. The zero-order chi connectivity index (χ0) is 20.8. The summed E-state index contributed by atoms with van der Waals surface area (Å²) in [6, 6.07) is 0. The van der Waals surface area contributed by atoms with Gasteiger partial charge < -0.3 is 20.1 Å². The average Bonchev–Trinajstić information content (AvgIpc) is 3.16. The lowest BCUT2D eigenvalue weighted by Gasteiger charge is -2.10. The number of carbonyl (C=O) groups is 2. The van der Waals surface area contributed by atoms with Gasteiger partial charge in [0.2, 0.25) is 0 Å². The van der Waals surface area contributed by atoms with E-state index in [1.807, 2.05) is 17.8 Å². The van der Waals surface area contributed by atoms with Crippen LogP contribution < -0.4 is 10.6 Å². The number of thiophene rings is 1. The van der Waals surface area contributed by atoms with E-state index in [1.54, 1.807) is 6.92 Å². The van der Waals surface area contributed by atoms with Crippen LogP contribution in [-0.4, -0.2) is 47.6 Å². The number of halogens is 1. The van der Waals surface area contributed by atoms with Crippen molar-refractivity contribution in [2.45, 2.75) is 26.8 Å². The molecule has 0 bridgehead atoms. The molecule has 2 rings (SSSR count). The second-order valence-electron chi connectivity index (χ2n) is 5.80. The summed E-state index contributed by atoms with van der Waals surface area (Å²) in [4.78, 5) is 24.4. The highest BCUT2D eigenvalue weighted by atomic mass is 79.9. The first kappa shape index (κ1) is 22.3. The van der Waals surface area contributed by atoms with Crippen molar-refractivity contribution >= 4 is 61.5 Å². The number of nitrogens with zero attached hydrogens (tertiary/aromatic N) is 2. The van der Waals surface area contributed by atoms with Crippen LogP contribution in [0.1, 0.15) is 37.7 Å². The maximum absolute atomic E-state index is 12.1. The number of thiocarbonyl (C=S) groups is 1. The summed E-state index contributed by atoms with van der Waals surface area (Å²) in [6.07, 6.45) is 2.73. The predicted molar refractivity (Wildman–Crippen MR) is 115 cm³/mol. The molecular weight excluding hydrogens is 468 g/mol. The molecule has 0 aliphatic heterocycles. The van der Waals surface area contributed by atoms with Crippen molar-refractivity contribution in [1.82, 2.24) is 15.1 Å². The molecule has 0 aliphatic rings. The van der Waals surface area contributed by atoms with Gasteiger partial charge in [0.25, 0.3) is 0 Å². The Balaban J connectivity index is 1.98. The molecule has 0 spiro atoms. The molecule has 11 heteroatoms. The Morgan fingerprint density at radius 1 is 1.29 bits per heavy atom. The number of carbonyl (C=O) groups excluding carboxylic acids is 2. The third-order valence-electron chi connectivity index (χ3n) is 3.87. The summed E-state index contributed by atoms with van der Waals surface area (Å²) in [5.41, 5.74) is 1.71. The highest BCUT2D eigenvalue weighted by Crippen LogP contribution is 2.34. The minimum Gasteiger partial charge on any atom is -0.465 e. The second-order valence-corrected chi connectivity index (χ2v) is 8.09. The van der Waals surface area contributed by atoms with Gasteiger partial charge in [-0.15, -0.1) is 11.3 Å². The van der Waals surface area contributed by atoms with Crippen LogP contribution in [0.25, 0.3) is 0 Å². The molecule has 0 saturated heterocycles. The van der Waals surface area contributed by atoms with Gasteiger partial charge >= 0.3 is 11.9 Å². The van der Waals surface area contributed by atoms with E-state index in [9.17, 15) is 9.59 Å². The fourth-order valence-electron chi connectivity index (χ4n) is 2.44. The molecule has 0 fully saturated rings. The Labute approximate surface area is 180 Å². The van der Waals surface area contributed by atoms with Gasteiger partial charge in [0, 0.05) is 19.3 Å². The summed E-state index contributed by atoms with van der Waals surface area (Å²) in [6.45, 7) is 4.95. The SMILES string of the molecule is COC(=O)c1sc(NC(=S)NCCCn2cc(Br)c(C)n2)c(C(=O)OC)c1C. The van der Waals surface area contributed by atoms with Crippen LogP contribution in [0.4, 0.5) is 5.00 Å². The number of hydrogen-bond acceptors (Lipinski definition) is 7. The zero-order valence-corrected chi connectivity index (χ0v) is 19.1. The molecular formula is C17H21BrN4O4S2. The number of ether oxygens (including phenoxy) is 2. The van der Waals surface area contributed by atoms with E-state index in [2.05, 4.69) is 31.7 Å². The van der Waals surface area contributed by atoms with Crippen LogP contribution in [0.3, 0.4) is 0 Å². The first-order chi connectivity index (χ1) is 13.3. The summed E-state index contributed by atoms with van der Waals surface area (Å²) in [5.74, 6) is -1.06. The van der Waals surface area contributed by atoms with E-state index >= 15 is 0 Å². The quantitative estimate of drug-likeness (QED) is 0.348. The van der Waals surface area contributed by atoms with Crippen molar-refractivity contribution in [1.29, 1.82) is 0 Å². The van der Waals surface area contributed by atoms with Crippen molar-refractivity contribution in [3.05, 3.63) is 32.4 Å². The van der Waals surface area contributed by atoms with Gasteiger partial charge in [-0.2, -0.15) is 5.10 Å². The Kier molecular flexibility index (Phi) is 7.96. The van der Waals surface area contributed by atoms with Gasteiger partial charge in [0.1, 0.15) is 9.88 Å². The second kappa shape index (κ2) is 9.99. The molecule has 152 valence electrons. The van der Waals surface area contributed by atoms with Gasteiger partial charge in [-0.05, 0) is 54.0 Å². The van der Waals surface area contributed by atoms with E-state index in [4.69, 9.17) is 21.7 Å². The Hall–Kier alpha value is -1.98.